The van der Waals surface area contributed by atoms with Crippen molar-refractivity contribution in [2.24, 2.45) is 0 Å². The Morgan fingerprint density at radius 3 is 2.83 bits per heavy atom. The summed E-state index contributed by atoms with van der Waals surface area (Å²) in [4.78, 5) is 4.27. The molecule has 0 saturated carbocycles. The van der Waals surface area contributed by atoms with Crippen molar-refractivity contribution in [2.45, 2.75) is 13.3 Å². The van der Waals surface area contributed by atoms with Gasteiger partial charge < -0.3 is 5.32 Å². The highest BCUT2D eigenvalue weighted by atomic mass is 14.9. The Hall–Kier alpha value is -2.34. The summed E-state index contributed by atoms with van der Waals surface area (Å²) in [6.07, 6.45) is 2.70. The Bertz CT molecular complexity index is 556. The van der Waals surface area contributed by atoms with Crippen molar-refractivity contribution < 1.29 is 0 Å². The predicted octanol–water partition coefficient (Wildman–Crippen LogP) is 2.92. The minimum absolute atomic E-state index is 0.727. The molecule has 0 radical (unpaired) electrons. The smallest absolute Gasteiger partial charge is 0.0994 e. The molecule has 1 aromatic carbocycles. The van der Waals surface area contributed by atoms with Crippen LogP contribution in [0.1, 0.15) is 16.8 Å². The van der Waals surface area contributed by atoms with Gasteiger partial charge >= 0.3 is 0 Å². The second kappa shape index (κ2) is 5.83. The van der Waals surface area contributed by atoms with Crippen molar-refractivity contribution in [3.05, 3.63) is 59.4 Å². The van der Waals surface area contributed by atoms with Gasteiger partial charge in [0.15, 0.2) is 0 Å². The SMILES string of the molecule is Cc1cc(NCCc2ccccn2)ccc1C#N. The fraction of sp³-hybridized carbons (Fsp3) is 0.200. The van der Waals surface area contributed by atoms with Crippen LogP contribution in [0.4, 0.5) is 5.69 Å². The number of nitriles is 1. The van der Waals surface area contributed by atoms with Crippen molar-refractivity contribution in [1.82, 2.24) is 4.98 Å². The number of hydrogen-bond acceptors (Lipinski definition) is 3. The molecule has 1 aromatic heterocycles. The summed E-state index contributed by atoms with van der Waals surface area (Å²) < 4.78 is 0. The monoisotopic (exact) mass is 237 g/mol. The molecule has 2 aromatic rings. The van der Waals surface area contributed by atoms with Crippen LogP contribution in [0.5, 0.6) is 0 Å². The second-order valence-electron chi connectivity index (χ2n) is 4.14. The summed E-state index contributed by atoms with van der Waals surface area (Å²) >= 11 is 0. The van der Waals surface area contributed by atoms with Gasteiger partial charge in [-0.25, -0.2) is 0 Å². The number of benzene rings is 1. The highest BCUT2D eigenvalue weighted by Gasteiger charge is 1.99. The zero-order valence-corrected chi connectivity index (χ0v) is 10.4. The van der Waals surface area contributed by atoms with Gasteiger partial charge in [-0.1, -0.05) is 6.07 Å². The number of nitrogens with zero attached hydrogens (tertiary/aromatic N) is 2. The number of hydrogen-bond donors (Lipinski definition) is 1. The minimum atomic E-state index is 0.727. The van der Waals surface area contributed by atoms with Crippen LogP contribution >= 0.6 is 0 Å². The van der Waals surface area contributed by atoms with E-state index in [0.29, 0.717) is 0 Å². The quantitative estimate of drug-likeness (QED) is 0.889. The molecule has 2 rings (SSSR count). The maximum atomic E-state index is 8.86. The lowest BCUT2D eigenvalue weighted by molar-refractivity contribution is 0.961. The number of pyridine rings is 1. The largest absolute Gasteiger partial charge is 0.385 e. The standard InChI is InChI=1S/C15H15N3/c1-12-10-15(6-5-13(12)11-16)18-9-7-14-4-2-3-8-17-14/h2-6,8,10,18H,7,9H2,1H3. The molecule has 3 heteroatoms. The van der Waals surface area contributed by atoms with E-state index < -0.39 is 0 Å². The lowest BCUT2D eigenvalue weighted by Crippen LogP contribution is -2.06. The fourth-order valence-electron chi connectivity index (χ4n) is 1.78. The number of aromatic nitrogens is 1. The van der Waals surface area contributed by atoms with Crippen LogP contribution in [0.2, 0.25) is 0 Å². The fourth-order valence-corrected chi connectivity index (χ4v) is 1.78. The zero-order valence-electron chi connectivity index (χ0n) is 10.4. The zero-order chi connectivity index (χ0) is 12.8. The molecule has 18 heavy (non-hydrogen) atoms. The Morgan fingerprint density at radius 1 is 1.28 bits per heavy atom. The molecule has 90 valence electrons. The van der Waals surface area contributed by atoms with Crippen LogP contribution in [-0.4, -0.2) is 11.5 Å². The molecule has 0 aliphatic carbocycles. The van der Waals surface area contributed by atoms with E-state index in [1.54, 1.807) is 6.20 Å². The number of nitrogens with one attached hydrogen (secondary N) is 1. The molecule has 0 atom stereocenters. The molecule has 0 unspecified atom stereocenters. The summed E-state index contributed by atoms with van der Waals surface area (Å²) in [5, 5.41) is 12.2. The number of rotatable bonds is 4. The molecule has 0 fully saturated rings. The average Bonchev–Trinajstić information content (AvgIpc) is 2.40. The van der Waals surface area contributed by atoms with Crippen LogP contribution in [-0.2, 0) is 6.42 Å². The Kier molecular flexibility index (Phi) is 3.93. The first-order valence-corrected chi connectivity index (χ1v) is 5.94. The van der Waals surface area contributed by atoms with E-state index in [-0.39, 0.29) is 0 Å². The third-order valence-electron chi connectivity index (χ3n) is 2.78. The van der Waals surface area contributed by atoms with Gasteiger partial charge in [-0.2, -0.15) is 5.26 Å². The van der Waals surface area contributed by atoms with Gasteiger partial charge in [0, 0.05) is 30.5 Å². The molecule has 1 N–H and O–H groups in total. The number of anilines is 1. The molecule has 0 bridgehead atoms. The second-order valence-corrected chi connectivity index (χ2v) is 4.14. The van der Waals surface area contributed by atoms with E-state index in [1.807, 2.05) is 43.3 Å². The Balaban J connectivity index is 1.91. The van der Waals surface area contributed by atoms with E-state index in [2.05, 4.69) is 16.4 Å². The van der Waals surface area contributed by atoms with Gasteiger partial charge in [0.25, 0.3) is 0 Å². The molecular weight excluding hydrogens is 222 g/mol. The predicted molar refractivity (Wildman–Crippen MR) is 72.3 cm³/mol. The first-order chi connectivity index (χ1) is 8.79. The van der Waals surface area contributed by atoms with Crippen LogP contribution in [0.25, 0.3) is 0 Å². The first-order valence-electron chi connectivity index (χ1n) is 5.94. The third-order valence-corrected chi connectivity index (χ3v) is 2.78. The van der Waals surface area contributed by atoms with Crippen molar-refractivity contribution in [3.8, 4) is 6.07 Å². The van der Waals surface area contributed by atoms with E-state index in [4.69, 9.17) is 5.26 Å². The number of aryl methyl sites for hydroxylation is 1. The molecule has 0 aliphatic heterocycles. The summed E-state index contributed by atoms with van der Waals surface area (Å²) in [7, 11) is 0. The maximum Gasteiger partial charge on any atom is 0.0994 e. The third kappa shape index (κ3) is 3.08. The molecule has 0 aliphatic rings. The van der Waals surface area contributed by atoms with Crippen LogP contribution in [0.15, 0.2) is 42.6 Å². The average molecular weight is 237 g/mol. The molecule has 0 saturated heterocycles. The maximum absolute atomic E-state index is 8.86. The van der Waals surface area contributed by atoms with Crippen molar-refractivity contribution >= 4 is 5.69 Å². The van der Waals surface area contributed by atoms with Gasteiger partial charge in [-0.3, -0.25) is 4.98 Å². The lowest BCUT2D eigenvalue weighted by atomic mass is 10.1. The van der Waals surface area contributed by atoms with Gasteiger partial charge in [-0.05, 0) is 42.8 Å². The van der Waals surface area contributed by atoms with E-state index >= 15 is 0 Å². The minimum Gasteiger partial charge on any atom is -0.385 e. The van der Waals surface area contributed by atoms with E-state index in [9.17, 15) is 0 Å². The van der Waals surface area contributed by atoms with Crippen LogP contribution in [0.3, 0.4) is 0 Å². The molecule has 3 nitrogen and oxygen atoms in total. The lowest BCUT2D eigenvalue weighted by Gasteiger charge is -2.07. The molecule has 0 spiro atoms. The molecular formula is C15H15N3. The first kappa shape index (κ1) is 12.1. The van der Waals surface area contributed by atoms with Crippen molar-refractivity contribution in [3.63, 3.8) is 0 Å². The van der Waals surface area contributed by atoms with Crippen molar-refractivity contribution in [2.75, 3.05) is 11.9 Å². The van der Waals surface area contributed by atoms with Crippen LogP contribution < -0.4 is 5.32 Å². The highest BCUT2D eigenvalue weighted by Crippen LogP contribution is 2.14. The van der Waals surface area contributed by atoms with Crippen molar-refractivity contribution in [1.29, 1.82) is 5.26 Å². The van der Waals surface area contributed by atoms with Gasteiger partial charge in [0.2, 0.25) is 0 Å². The van der Waals surface area contributed by atoms with Crippen LogP contribution in [0, 0.1) is 18.3 Å². The Morgan fingerprint density at radius 2 is 2.17 bits per heavy atom. The molecule has 1 heterocycles. The summed E-state index contributed by atoms with van der Waals surface area (Å²) in [6.45, 7) is 2.78. The van der Waals surface area contributed by atoms with Gasteiger partial charge in [0.1, 0.15) is 0 Å². The normalized spacial score (nSPS) is 9.78. The summed E-state index contributed by atoms with van der Waals surface area (Å²) in [5.41, 5.74) is 3.85. The topological polar surface area (TPSA) is 48.7 Å². The Labute approximate surface area is 107 Å². The summed E-state index contributed by atoms with van der Waals surface area (Å²) in [5.74, 6) is 0. The summed E-state index contributed by atoms with van der Waals surface area (Å²) in [6, 6.07) is 13.9. The van der Waals surface area contributed by atoms with Gasteiger partial charge in [-0.15, -0.1) is 0 Å². The van der Waals surface area contributed by atoms with E-state index in [1.165, 1.54) is 0 Å². The molecule has 0 amide bonds. The van der Waals surface area contributed by atoms with Gasteiger partial charge in [0.05, 0.1) is 11.6 Å². The van der Waals surface area contributed by atoms with E-state index in [0.717, 1.165) is 35.5 Å². The highest BCUT2D eigenvalue weighted by molar-refractivity contribution is 5.51.